The molecule has 0 fully saturated rings. The second-order valence-electron chi connectivity index (χ2n) is 4.45. The molecule has 0 aliphatic rings. The molecule has 3 heteroatoms. The molecule has 0 aliphatic carbocycles. The number of rotatable bonds is 7. The van der Waals surface area contributed by atoms with Crippen molar-refractivity contribution in [2.45, 2.75) is 59.4 Å². The molecule has 0 aromatic rings. The van der Waals surface area contributed by atoms with Gasteiger partial charge in [0.05, 0.1) is 6.10 Å². The van der Waals surface area contributed by atoms with Gasteiger partial charge in [0.1, 0.15) is 0 Å². The van der Waals surface area contributed by atoms with Gasteiger partial charge in [-0.25, -0.2) is 9.78 Å². The normalized spacial score (nSPS) is 13.7. The van der Waals surface area contributed by atoms with Crippen LogP contribution in [0.15, 0.2) is 11.6 Å². The highest BCUT2D eigenvalue weighted by atomic mass is 17.2. The van der Waals surface area contributed by atoms with E-state index in [9.17, 15) is 0 Å². The number of hydrogen-bond acceptors (Lipinski definition) is 3. The summed E-state index contributed by atoms with van der Waals surface area (Å²) in [6.45, 7) is 9.81. The van der Waals surface area contributed by atoms with Gasteiger partial charge in [0, 0.05) is 7.11 Å². The lowest BCUT2D eigenvalue weighted by Crippen LogP contribution is -2.28. The van der Waals surface area contributed by atoms with Crippen LogP contribution in [0.4, 0.5) is 0 Å². The molecule has 0 rings (SSSR count). The molecule has 0 aromatic heterocycles. The van der Waals surface area contributed by atoms with Crippen LogP contribution >= 0.6 is 0 Å². The van der Waals surface area contributed by atoms with Gasteiger partial charge in [-0.05, 0) is 47.5 Å². The van der Waals surface area contributed by atoms with E-state index in [0.717, 1.165) is 12.8 Å². The molecule has 0 radical (unpaired) electrons. The number of allylic oxidation sites excluding steroid dienone is 2. The molecular weight excluding hydrogens is 192 g/mol. The predicted molar refractivity (Wildman–Crippen MR) is 61.4 cm³/mol. The van der Waals surface area contributed by atoms with Crippen LogP contribution in [0, 0.1) is 0 Å². The molecule has 0 saturated carbocycles. The van der Waals surface area contributed by atoms with Crippen molar-refractivity contribution in [2.24, 2.45) is 0 Å². The van der Waals surface area contributed by atoms with Crippen LogP contribution in [0.2, 0.25) is 0 Å². The predicted octanol–water partition coefficient (Wildman–Crippen LogP) is 3.45. The van der Waals surface area contributed by atoms with Crippen LogP contribution in [0.1, 0.15) is 47.5 Å². The maximum Gasteiger partial charge on any atom is 0.195 e. The van der Waals surface area contributed by atoms with Crippen molar-refractivity contribution in [1.82, 2.24) is 0 Å². The molecule has 0 spiro atoms. The molecule has 0 aliphatic heterocycles. The lowest BCUT2D eigenvalue weighted by atomic mass is 10.2. The van der Waals surface area contributed by atoms with E-state index in [4.69, 9.17) is 14.5 Å². The standard InChI is InChI=1S/C12H24O3/c1-10(2)8-7-9-11(3)14-15-12(4,5)13-6/h8,11H,7,9H2,1-6H3. The van der Waals surface area contributed by atoms with Crippen LogP contribution < -0.4 is 0 Å². The van der Waals surface area contributed by atoms with Crippen molar-refractivity contribution in [3.05, 3.63) is 11.6 Å². The maximum absolute atomic E-state index is 5.23. The Morgan fingerprint density at radius 2 is 1.93 bits per heavy atom. The average Bonchev–Trinajstić information content (AvgIpc) is 2.14. The summed E-state index contributed by atoms with van der Waals surface area (Å²) < 4.78 is 5.07. The lowest BCUT2D eigenvalue weighted by Gasteiger charge is -2.23. The highest BCUT2D eigenvalue weighted by Crippen LogP contribution is 2.13. The Hall–Kier alpha value is -0.380. The lowest BCUT2D eigenvalue weighted by molar-refractivity contribution is -0.429. The summed E-state index contributed by atoms with van der Waals surface area (Å²) in [5.74, 6) is -0.676. The smallest absolute Gasteiger partial charge is 0.195 e. The highest BCUT2D eigenvalue weighted by Gasteiger charge is 2.19. The van der Waals surface area contributed by atoms with Gasteiger partial charge < -0.3 is 4.74 Å². The first kappa shape index (κ1) is 14.6. The minimum atomic E-state index is -0.676. The number of ether oxygens (including phenoxy) is 1. The zero-order chi connectivity index (χ0) is 11.9. The fourth-order valence-corrected chi connectivity index (χ4v) is 0.887. The minimum Gasteiger partial charge on any atom is -0.351 e. The molecule has 1 atom stereocenters. The van der Waals surface area contributed by atoms with E-state index >= 15 is 0 Å². The van der Waals surface area contributed by atoms with Crippen LogP contribution in [-0.2, 0) is 14.5 Å². The first-order valence-electron chi connectivity index (χ1n) is 5.40. The largest absolute Gasteiger partial charge is 0.351 e. The second-order valence-corrected chi connectivity index (χ2v) is 4.45. The Bertz CT molecular complexity index is 193. The fourth-order valence-electron chi connectivity index (χ4n) is 0.887. The molecular formula is C12H24O3. The fraction of sp³-hybridized carbons (Fsp3) is 0.833. The summed E-state index contributed by atoms with van der Waals surface area (Å²) in [7, 11) is 1.59. The SMILES string of the molecule is COC(C)(C)OOC(C)CCC=C(C)C. The molecule has 0 aromatic carbocycles. The zero-order valence-electron chi connectivity index (χ0n) is 10.8. The first-order chi connectivity index (χ1) is 6.87. The van der Waals surface area contributed by atoms with E-state index in [-0.39, 0.29) is 6.10 Å². The third-order valence-corrected chi connectivity index (χ3v) is 2.03. The summed E-state index contributed by atoms with van der Waals surface area (Å²) in [6, 6.07) is 0. The van der Waals surface area contributed by atoms with E-state index in [2.05, 4.69) is 19.9 Å². The number of methoxy groups -OCH3 is 1. The zero-order valence-corrected chi connectivity index (χ0v) is 10.8. The Morgan fingerprint density at radius 1 is 1.33 bits per heavy atom. The van der Waals surface area contributed by atoms with Gasteiger partial charge in [-0.15, -0.1) is 0 Å². The van der Waals surface area contributed by atoms with Gasteiger partial charge in [-0.3, -0.25) is 0 Å². The van der Waals surface area contributed by atoms with Crippen molar-refractivity contribution < 1.29 is 14.5 Å². The van der Waals surface area contributed by atoms with Crippen molar-refractivity contribution in [3.8, 4) is 0 Å². The molecule has 0 N–H and O–H groups in total. The van der Waals surface area contributed by atoms with Crippen LogP contribution in [0.3, 0.4) is 0 Å². The average molecular weight is 216 g/mol. The van der Waals surface area contributed by atoms with Crippen molar-refractivity contribution >= 4 is 0 Å². The maximum atomic E-state index is 5.23. The Kier molecular flexibility index (Phi) is 6.81. The molecule has 3 nitrogen and oxygen atoms in total. The van der Waals surface area contributed by atoms with Gasteiger partial charge in [0.15, 0.2) is 5.79 Å². The van der Waals surface area contributed by atoms with E-state index in [1.54, 1.807) is 7.11 Å². The topological polar surface area (TPSA) is 27.7 Å². The van der Waals surface area contributed by atoms with Crippen LogP contribution in [-0.4, -0.2) is 19.0 Å². The summed E-state index contributed by atoms with van der Waals surface area (Å²) in [6.07, 6.45) is 4.24. The number of hydrogen-bond donors (Lipinski definition) is 0. The molecule has 1 unspecified atom stereocenters. The van der Waals surface area contributed by atoms with E-state index in [1.807, 2.05) is 20.8 Å². The van der Waals surface area contributed by atoms with Gasteiger partial charge in [0.25, 0.3) is 0 Å². The Morgan fingerprint density at radius 3 is 2.40 bits per heavy atom. The third-order valence-electron chi connectivity index (χ3n) is 2.03. The molecule has 15 heavy (non-hydrogen) atoms. The van der Waals surface area contributed by atoms with Gasteiger partial charge in [-0.2, -0.15) is 0 Å². The van der Waals surface area contributed by atoms with Crippen molar-refractivity contribution in [2.75, 3.05) is 7.11 Å². The molecule has 0 heterocycles. The van der Waals surface area contributed by atoms with Gasteiger partial charge >= 0.3 is 0 Å². The summed E-state index contributed by atoms with van der Waals surface area (Å²) >= 11 is 0. The van der Waals surface area contributed by atoms with Crippen molar-refractivity contribution in [1.29, 1.82) is 0 Å². The first-order valence-corrected chi connectivity index (χ1v) is 5.40. The summed E-state index contributed by atoms with van der Waals surface area (Å²) in [5.41, 5.74) is 1.33. The van der Waals surface area contributed by atoms with Gasteiger partial charge in [0.2, 0.25) is 0 Å². The van der Waals surface area contributed by atoms with E-state index in [0.29, 0.717) is 0 Å². The van der Waals surface area contributed by atoms with Gasteiger partial charge in [-0.1, -0.05) is 11.6 Å². The second kappa shape index (κ2) is 6.99. The van der Waals surface area contributed by atoms with Crippen LogP contribution in [0.25, 0.3) is 0 Å². The van der Waals surface area contributed by atoms with Crippen LogP contribution in [0.5, 0.6) is 0 Å². The quantitative estimate of drug-likeness (QED) is 0.282. The Labute approximate surface area is 93.3 Å². The molecule has 0 bridgehead atoms. The van der Waals surface area contributed by atoms with E-state index in [1.165, 1.54) is 5.57 Å². The molecule has 0 saturated heterocycles. The van der Waals surface area contributed by atoms with E-state index < -0.39 is 5.79 Å². The highest BCUT2D eigenvalue weighted by molar-refractivity contribution is 4.92. The third kappa shape index (κ3) is 8.60. The molecule has 90 valence electrons. The monoisotopic (exact) mass is 216 g/mol. The minimum absolute atomic E-state index is 0.0787. The van der Waals surface area contributed by atoms with Crippen molar-refractivity contribution in [3.63, 3.8) is 0 Å². The Balaban J connectivity index is 3.66. The summed E-state index contributed by atoms with van der Waals surface area (Å²) in [5, 5.41) is 0. The summed E-state index contributed by atoms with van der Waals surface area (Å²) in [4.78, 5) is 10.4. The molecule has 0 amide bonds.